The van der Waals surface area contributed by atoms with Crippen LogP contribution in [0.2, 0.25) is 0 Å². The molecule has 4 atom stereocenters. The van der Waals surface area contributed by atoms with Gasteiger partial charge in [-0.15, -0.1) is 11.3 Å². The number of nitrogens with zero attached hydrogens (tertiary/aromatic N) is 4. The normalized spacial score (nSPS) is 22.3. The van der Waals surface area contributed by atoms with Gasteiger partial charge in [-0.05, 0) is 51.4 Å². The molecule has 2 aliphatic carbocycles. The van der Waals surface area contributed by atoms with Gasteiger partial charge in [0.1, 0.15) is 34.1 Å². The maximum Gasteiger partial charge on any atom is 0.225 e. The van der Waals surface area contributed by atoms with E-state index in [0.717, 1.165) is 40.9 Å². The average Bonchev–Trinajstić information content (AvgIpc) is 3.67. The van der Waals surface area contributed by atoms with Gasteiger partial charge in [0.25, 0.3) is 0 Å². The molecule has 2 aliphatic rings. The van der Waals surface area contributed by atoms with Crippen LogP contribution in [0.4, 0.5) is 20.5 Å². The Kier molecular flexibility index (Phi) is 8.02. The van der Waals surface area contributed by atoms with E-state index in [2.05, 4.69) is 30.3 Å². The van der Waals surface area contributed by atoms with Crippen molar-refractivity contribution in [3.8, 4) is 10.6 Å². The molecule has 0 spiro atoms. The van der Waals surface area contributed by atoms with Gasteiger partial charge >= 0.3 is 0 Å². The van der Waals surface area contributed by atoms with Gasteiger partial charge in [0.2, 0.25) is 16.0 Å². The van der Waals surface area contributed by atoms with Crippen molar-refractivity contribution < 1.29 is 27.4 Å². The zero-order valence-electron chi connectivity index (χ0n) is 23.4. The second-order valence-electron chi connectivity index (χ2n) is 11.0. The predicted molar refractivity (Wildman–Crippen MR) is 159 cm³/mol. The van der Waals surface area contributed by atoms with Crippen molar-refractivity contribution in [2.45, 2.75) is 56.9 Å². The third-order valence-corrected chi connectivity index (χ3v) is 10.5. The molecule has 0 saturated heterocycles. The molecule has 15 heteroatoms. The molecule has 1 aromatic carbocycles. The molecule has 0 bridgehead atoms. The van der Waals surface area contributed by atoms with Crippen molar-refractivity contribution in [2.75, 3.05) is 23.4 Å². The highest BCUT2D eigenvalue weighted by Gasteiger charge is 2.43. The van der Waals surface area contributed by atoms with E-state index >= 15 is 0 Å². The molecule has 5 N–H and O–H groups in total. The van der Waals surface area contributed by atoms with Crippen LogP contribution >= 0.6 is 11.3 Å². The first kappa shape index (κ1) is 29.7. The first-order chi connectivity index (χ1) is 20.5. The molecule has 1 unspecified atom stereocenters. The Labute approximate surface area is 250 Å². The molecule has 0 amide bonds. The van der Waals surface area contributed by atoms with E-state index in [0.29, 0.717) is 22.2 Å². The van der Waals surface area contributed by atoms with Gasteiger partial charge in [0.15, 0.2) is 0 Å². The molecule has 3 aromatic heterocycles. The van der Waals surface area contributed by atoms with Crippen LogP contribution in [0.1, 0.15) is 42.1 Å². The number of aryl methyl sites for hydroxylation is 1. The number of thiazole rings is 1. The number of pyridine rings is 1. The maximum atomic E-state index is 14.3. The molecule has 4 aromatic rings. The number of aromatic nitrogens is 4. The topological polar surface area (TPSA) is 162 Å². The number of rotatable bonds is 10. The smallest absolute Gasteiger partial charge is 0.225 e. The van der Waals surface area contributed by atoms with Crippen molar-refractivity contribution in [1.29, 1.82) is 0 Å². The Balaban J connectivity index is 1.37. The van der Waals surface area contributed by atoms with Crippen LogP contribution in [0.5, 0.6) is 0 Å². The second-order valence-corrected chi connectivity index (χ2v) is 14.0. The van der Waals surface area contributed by atoms with Crippen LogP contribution in [-0.2, 0) is 16.6 Å². The monoisotopic (exact) mass is 631 g/mol. The molecule has 6 rings (SSSR count). The van der Waals surface area contributed by atoms with Gasteiger partial charge in [0.05, 0.1) is 39.5 Å². The molecule has 228 valence electrons. The highest BCUT2D eigenvalue weighted by molar-refractivity contribution is 7.89. The van der Waals surface area contributed by atoms with E-state index in [1.807, 2.05) is 6.07 Å². The number of aliphatic hydroxyl groups excluding tert-OH is 2. The van der Waals surface area contributed by atoms with Crippen LogP contribution in [0.3, 0.4) is 0 Å². The minimum atomic E-state index is -3.64. The standard InChI is InChI=1S/C28H31F2N7O4S2/c1-13-21(27-36-23-20(42-27)8-9-32-22(23)14-6-7-14)26(35-19-10-15(24(38)25(19)39)12-43(40,41)31-2)37-28(34-13)33-11-16-17(29)4-3-5-18(16)30/h3-5,8-9,14-15,19,24-25,31,38-39H,6-7,10-12H2,1-2H3,(H2,33,34,35,37)/t15-,19?,24-,25+/m1/s1. The van der Waals surface area contributed by atoms with Crippen LogP contribution in [0.25, 0.3) is 20.8 Å². The summed E-state index contributed by atoms with van der Waals surface area (Å²) in [5.41, 5.74) is 2.65. The fourth-order valence-corrected chi connectivity index (χ4v) is 7.62. The average molecular weight is 632 g/mol. The van der Waals surface area contributed by atoms with Crippen molar-refractivity contribution >= 4 is 43.3 Å². The maximum absolute atomic E-state index is 14.3. The number of nitrogens with one attached hydrogen (secondary N) is 3. The summed E-state index contributed by atoms with van der Waals surface area (Å²) in [6.45, 7) is 1.54. The van der Waals surface area contributed by atoms with Crippen molar-refractivity contribution in [1.82, 2.24) is 24.7 Å². The molecule has 2 saturated carbocycles. The first-order valence-corrected chi connectivity index (χ1v) is 16.4. The Hall–Kier alpha value is -3.37. The lowest BCUT2D eigenvalue weighted by molar-refractivity contribution is 0.0216. The van der Waals surface area contributed by atoms with Crippen LogP contribution in [-0.4, -0.2) is 69.6 Å². The molecular formula is C28H31F2N7O4S2. The van der Waals surface area contributed by atoms with Gasteiger partial charge in [-0.25, -0.2) is 31.9 Å². The van der Waals surface area contributed by atoms with Crippen molar-refractivity contribution in [3.05, 3.63) is 59.0 Å². The lowest BCUT2D eigenvalue weighted by atomic mass is 10.1. The SMILES string of the molecule is CNS(=O)(=O)C[C@H]1CC(Nc2nc(NCc3c(F)cccc3F)nc(C)c2-c2nc3c(C4CC4)nccc3s2)[C@H](O)[C@@H]1O. The third-order valence-electron chi connectivity index (χ3n) is 7.96. The summed E-state index contributed by atoms with van der Waals surface area (Å²) >= 11 is 1.44. The number of aliphatic hydroxyl groups is 2. The summed E-state index contributed by atoms with van der Waals surface area (Å²) in [7, 11) is -2.35. The van der Waals surface area contributed by atoms with Crippen LogP contribution in [0, 0.1) is 24.5 Å². The lowest BCUT2D eigenvalue weighted by Gasteiger charge is -2.21. The predicted octanol–water partition coefficient (Wildman–Crippen LogP) is 3.30. The fraction of sp³-hybridized carbons (Fsp3) is 0.429. The molecule has 43 heavy (non-hydrogen) atoms. The highest BCUT2D eigenvalue weighted by Crippen LogP contribution is 2.44. The van der Waals surface area contributed by atoms with Crippen molar-refractivity contribution in [2.24, 2.45) is 5.92 Å². The zero-order chi connectivity index (χ0) is 30.5. The number of fused-ring (bicyclic) bond motifs is 1. The third kappa shape index (κ3) is 6.04. The Morgan fingerprint density at radius 3 is 2.51 bits per heavy atom. The lowest BCUT2D eigenvalue weighted by Crippen LogP contribution is -2.37. The Bertz CT molecular complexity index is 1760. The summed E-state index contributed by atoms with van der Waals surface area (Å²) < 4.78 is 56.1. The quantitative estimate of drug-likeness (QED) is 0.176. The van der Waals surface area contributed by atoms with Gasteiger partial charge in [-0.1, -0.05) is 6.07 Å². The van der Waals surface area contributed by atoms with E-state index in [4.69, 9.17) is 4.98 Å². The zero-order valence-corrected chi connectivity index (χ0v) is 25.0. The van der Waals surface area contributed by atoms with E-state index in [1.165, 1.54) is 24.5 Å². The van der Waals surface area contributed by atoms with Gasteiger partial charge in [0, 0.05) is 30.1 Å². The minimum Gasteiger partial charge on any atom is -0.390 e. The number of hydrogen-bond acceptors (Lipinski definition) is 11. The summed E-state index contributed by atoms with van der Waals surface area (Å²) in [6.07, 6.45) is 1.45. The number of hydrogen-bond donors (Lipinski definition) is 5. The molecule has 3 heterocycles. The molecule has 0 radical (unpaired) electrons. The molecule has 2 fully saturated rings. The number of anilines is 2. The van der Waals surface area contributed by atoms with Crippen LogP contribution < -0.4 is 15.4 Å². The summed E-state index contributed by atoms with van der Waals surface area (Å²) in [5.74, 6) is -1.77. The largest absolute Gasteiger partial charge is 0.390 e. The van der Waals surface area contributed by atoms with E-state index in [-0.39, 0.29) is 36.0 Å². The number of halogens is 2. The first-order valence-electron chi connectivity index (χ1n) is 13.9. The Morgan fingerprint density at radius 2 is 1.81 bits per heavy atom. The molecule has 0 aliphatic heterocycles. The minimum absolute atomic E-state index is 0.0789. The number of benzene rings is 1. The summed E-state index contributed by atoms with van der Waals surface area (Å²) in [4.78, 5) is 18.6. The van der Waals surface area contributed by atoms with Crippen molar-refractivity contribution in [3.63, 3.8) is 0 Å². The summed E-state index contributed by atoms with van der Waals surface area (Å²) in [5, 5.41) is 28.3. The van der Waals surface area contributed by atoms with Gasteiger partial charge in [-0.2, -0.15) is 4.98 Å². The Morgan fingerprint density at radius 1 is 1.07 bits per heavy atom. The number of sulfonamides is 1. The van der Waals surface area contributed by atoms with Gasteiger partial charge < -0.3 is 20.8 Å². The van der Waals surface area contributed by atoms with E-state index in [1.54, 1.807) is 13.1 Å². The second kappa shape index (κ2) is 11.6. The fourth-order valence-electron chi connectivity index (χ4n) is 5.49. The van der Waals surface area contributed by atoms with Crippen LogP contribution in [0.15, 0.2) is 30.5 Å². The molecular weight excluding hydrogens is 600 g/mol. The molecule has 11 nitrogen and oxygen atoms in total. The summed E-state index contributed by atoms with van der Waals surface area (Å²) in [6, 6.07) is 4.75. The van der Waals surface area contributed by atoms with E-state index < -0.39 is 45.8 Å². The highest BCUT2D eigenvalue weighted by atomic mass is 32.2. The van der Waals surface area contributed by atoms with E-state index in [9.17, 15) is 27.4 Å². The van der Waals surface area contributed by atoms with Gasteiger partial charge in [-0.3, -0.25) is 4.98 Å².